The maximum absolute atomic E-state index is 6.27. The number of hydrogen-bond donors (Lipinski definition) is 1. The molecule has 0 aliphatic carbocycles. The summed E-state index contributed by atoms with van der Waals surface area (Å²) in [6.45, 7) is 2.07. The van der Waals surface area contributed by atoms with Crippen LogP contribution in [0.4, 0.5) is 0 Å². The Bertz CT molecular complexity index is 554. The maximum atomic E-state index is 6.27. The number of benzene rings is 2. The molecular formula is C15H15BrClN. The molecule has 0 aliphatic heterocycles. The molecule has 0 radical (unpaired) electrons. The van der Waals surface area contributed by atoms with Crippen molar-refractivity contribution in [2.24, 2.45) is 5.73 Å². The minimum Gasteiger partial charge on any atom is -0.324 e. The summed E-state index contributed by atoms with van der Waals surface area (Å²) >= 11 is 9.53. The van der Waals surface area contributed by atoms with Crippen LogP contribution < -0.4 is 5.73 Å². The molecule has 2 N–H and O–H groups in total. The maximum Gasteiger partial charge on any atom is 0.0408 e. The Labute approximate surface area is 121 Å². The predicted octanol–water partition coefficient (Wildman–Crippen LogP) is 4.65. The van der Waals surface area contributed by atoms with Crippen LogP contribution in [0.25, 0.3) is 0 Å². The quantitative estimate of drug-likeness (QED) is 0.873. The summed E-state index contributed by atoms with van der Waals surface area (Å²) in [5.74, 6) is 0. The summed E-state index contributed by atoms with van der Waals surface area (Å²) in [6, 6.07) is 14.1. The third-order valence-corrected chi connectivity index (χ3v) is 3.85. The van der Waals surface area contributed by atoms with E-state index in [4.69, 9.17) is 17.3 Å². The molecule has 0 heterocycles. The Balaban J connectivity index is 2.21. The molecule has 0 saturated heterocycles. The molecule has 0 fully saturated rings. The fourth-order valence-corrected chi connectivity index (χ4v) is 2.73. The van der Waals surface area contributed by atoms with Gasteiger partial charge in [-0.1, -0.05) is 57.4 Å². The third-order valence-electron chi connectivity index (χ3n) is 2.90. The van der Waals surface area contributed by atoms with Crippen LogP contribution in [0.5, 0.6) is 0 Å². The second-order valence-electron chi connectivity index (χ2n) is 4.47. The van der Waals surface area contributed by atoms with Gasteiger partial charge >= 0.3 is 0 Å². The molecule has 0 bridgehead atoms. The van der Waals surface area contributed by atoms with Crippen molar-refractivity contribution >= 4 is 27.5 Å². The number of nitrogens with two attached hydrogens (primary N) is 1. The lowest BCUT2D eigenvalue weighted by Gasteiger charge is -2.15. The monoisotopic (exact) mass is 323 g/mol. The van der Waals surface area contributed by atoms with Gasteiger partial charge in [-0.05, 0) is 42.7 Å². The van der Waals surface area contributed by atoms with Gasteiger partial charge < -0.3 is 5.73 Å². The van der Waals surface area contributed by atoms with Crippen LogP contribution in [-0.2, 0) is 6.42 Å². The molecule has 2 rings (SSSR count). The van der Waals surface area contributed by atoms with Crippen LogP contribution in [0.15, 0.2) is 46.9 Å². The zero-order valence-electron chi connectivity index (χ0n) is 10.2. The van der Waals surface area contributed by atoms with Gasteiger partial charge in [0.2, 0.25) is 0 Å². The normalized spacial score (nSPS) is 12.4. The molecule has 0 aliphatic rings. The predicted molar refractivity (Wildman–Crippen MR) is 81.0 cm³/mol. The topological polar surface area (TPSA) is 26.0 Å². The van der Waals surface area contributed by atoms with E-state index in [1.54, 1.807) is 0 Å². The summed E-state index contributed by atoms with van der Waals surface area (Å²) in [4.78, 5) is 0. The number of halogens is 2. The second kappa shape index (κ2) is 5.87. The molecule has 1 atom stereocenters. The van der Waals surface area contributed by atoms with Crippen LogP contribution in [0.2, 0.25) is 5.02 Å². The highest BCUT2D eigenvalue weighted by Crippen LogP contribution is 2.26. The molecule has 2 aromatic carbocycles. The first kappa shape index (κ1) is 13.6. The SMILES string of the molecule is Cc1ccc(Br)c(C(N)Cc2cccc(Cl)c2)c1. The van der Waals surface area contributed by atoms with Gasteiger partial charge in [0.1, 0.15) is 0 Å². The molecule has 1 nitrogen and oxygen atoms in total. The molecule has 94 valence electrons. The molecule has 0 amide bonds. The minimum atomic E-state index is -0.0299. The summed E-state index contributed by atoms with van der Waals surface area (Å²) in [5, 5.41) is 0.753. The van der Waals surface area contributed by atoms with E-state index in [0.717, 1.165) is 27.0 Å². The standard InChI is InChI=1S/C15H15BrClN/c1-10-5-6-14(16)13(7-10)15(18)9-11-3-2-4-12(17)8-11/h2-8,15H,9,18H2,1H3. The van der Waals surface area contributed by atoms with E-state index in [-0.39, 0.29) is 6.04 Å². The molecule has 3 heteroatoms. The fraction of sp³-hybridized carbons (Fsp3) is 0.200. The van der Waals surface area contributed by atoms with Crippen LogP contribution in [0.1, 0.15) is 22.7 Å². The molecule has 0 aromatic heterocycles. The van der Waals surface area contributed by atoms with Crippen molar-refractivity contribution in [1.29, 1.82) is 0 Å². The van der Waals surface area contributed by atoms with Crippen molar-refractivity contribution < 1.29 is 0 Å². The Morgan fingerprint density at radius 1 is 1.22 bits per heavy atom. The molecule has 0 saturated carbocycles. The first-order valence-corrected chi connectivity index (χ1v) is 6.99. The Kier molecular flexibility index (Phi) is 4.44. The van der Waals surface area contributed by atoms with Gasteiger partial charge in [-0.2, -0.15) is 0 Å². The average molecular weight is 325 g/mol. The third kappa shape index (κ3) is 3.35. The van der Waals surface area contributed by atoms with Crippen molar-refractivity contribution in [1.82, 2.24) is 0 Å². The lowest BCUT2D eigenvalue weighted by Crippen LogP contribution is -2.14. The van der Waals surface area contributed by atoms with E-state index in [0.29, 0.717) is 0 Å². The van der Waals surface area contributed by atoms with E-state index in [2.05, 4.69) is 41.1 Å². The van der Waals surface area contributed by atoms with Crippen molar-refractivity contribution in [2.75, 3.05) is 0 Å². The summed E-state index contributed by atoms with van der Waals surface area (Å²) < 4.78 is 1.06. The summed E-state index contributed by atoms with van der Waals surface area (Å²) in [7, 11) is 0. The van der Waals surface area contributed by atoms with Crippen molar-refractivity contribution in [3.8, 4) is 0 Å². The first-order chi connectivity index (χ1) is 8.56. The zero-order chi connectivity index (χ0) is 13.1. The van der Waals surface area contributed by atoms with E-state index in [1.807, 2.05) is 24.3 Å². The smallest absolute Gasteiger partial charge is 0.0408 e. The van der Waals surface area contributed by atoms with Crippen molar-refractivity contribution in [3.63, 3.8) is 0 Å². The van der Waals surface area contributed by atoms with E-state index >= 15 is 0 Å². The van der Waals surface area contributed by atoms with E-state index < -0.39 is 0 Å². The molecular weight excluding hydrogens is 310 g/mol. The van der Waals surface area contributed by atoms with Gasteiger partial charge in [-0.25, -0.2) is 0 Å². The van der Waals surface area contributed by atoms with Crippen LogP contribution >= 0.6 is 27.5 Å². The Morgan fingerprint density at radius 3 is 2.72 bits per heavy atom. The first-order valence-electron chi connectivity index (χ1n) is 5.82. The number of hydrogen-bond acceptors (Lipinski definition) is 1. The lowest BCUT2D eigenvalue weighted by molar-refractivity contribution is 0.717. The van der Waals surface area contributed by atoms with E-state index in [9.17, 15) is 0 Å². The Morgan fingerprint density at radius 2 is 2.00 bits per heavy atom. The average Bonchev–Trinajstić information content (AvgIpc) is 2.32. The van der Waals surface area contributed by atoms with Gasteiger partial charge in [0.05, 0.1) is 0 Å². The van der Waals surface area contributed by atoms with Gasteiger partial charge in [-0.15, -0.1) is 0 Å². The molecule has 18 heavy (non-hydrogen) atoms. The highest BCUT2D eigenvalue weighted by molar-refractivity contribution is 9.10. The highest BCUT2D eigenvalue weighted by atomic mass is 79.9. The van der Waals surface area contributed by atoms with E-state index in [1.165, 1.54) is 5.56 Å². The van der Waals surface area contributed by atoms with Gasteiger partial charge in [0.25, 0.3) is 0 Å². The zero-order valence-corrected chi connectivity index (χ0v) is 12.5. The number of rotatable bonds is 3. The summed E-state index contributed by atoms with van der Waals surface area (Å²) in [6.07, 6.45) is 0.780. The fourth-order valence-electron chi connectivity index (χ4n) is 1.98. The van der Waals surface area contributed by atoms with Gasteiger partial charge in [0, 0.05) is 15.5 Å². The Hall–Kier alpha value is -0.830. The van der Waals surface area contributed by atoms with Crippen molar-refractivity contribution in [3.05, 3.63) is 68.7 Å². The van der Waals surface area contributed by atoms with Crippen LogP contribution in [0.3, 0.4) is 0 Å². The molecule has 2 aromatic rings. The van der Waals surface area contributed by atoms with Gasteiger partial charge in [0.15, 0.2) is 0 Å². The second-order valence-corrected chi connectivity index (χ2v) is 5.76. The van der Waals surface area contributed by atoms with Crippen LogP contribution in [0, 0.1) is 6.92 Å². The van der Waals surface area contributed by atoms with Gasteiger partial charge in [-0.3, -0.25) is 0 Å². The lowest BCUT2D eigenvalue weighted by atomic mass is 9.98. The van der Waals surface area contributed by atoms with Crippen LogP contribution in [-0.4, -0.2) is 0 Å². The highest BCUT2D eigenvalue weighted by Gasteiger charge is 2.11. The van der Waals surface area contributed by atoms with Crippen molar-refractivity contribution in [2.45, 2.75) is 19.4 Å². The largest absolute Gasteiger partial charge is 0.324 e. The number of aryl methyl sites for hydroxylation is 1. The summed E-state index contributed by atoms with van der Waals surface area (Å²) in [5.41, 5.74) is 9.78. The minimum absolute atomic E-state index is 0.0299. The molecule has 0 spiro atoms. The molecule has 1 unspecified atom stereocenters.